The highest BCUT2D eigenvalue weighted by Crippen LogP contribution is 2.25. The molecule has 3 rings (SSSR count). The van der Waals surface area contributed by atoms with Gasteiger partial charge in [0.05, 0.1) is 12.7 Å². The summed E-state index contributed by atoms with van der Waals surface area (Å²) in [6.07, 6.45) is 0. The second-order valence-corrected chi connectivity index (χ2v) is 5.07. The number of esters is 1. The van der Waals surface area contributed by atoms with Gasteiger partial charge in [0.1, 0.15) is 23.9 Å². The summed E-state index contributed by atoms with van der Waals surface area (Å²) in [5, 5.41) is 0. The first-order chi connectivity index (χ1) is 11.7. The Hall–Kier alpha value is -3.08. The SMILES string of the molecule is COc1ccc(COC(=O)c2ccc(-c3ccccc3F)o2)cc1. The van der Waals surface area contributed by atoms with E-state index in [4.69, 9.17) is 13.9 Å². The van der Waals surface area contributed by atoms with Crippen molar-refractivity contribution in [2.45, 2.75) is 6.61 Å². The molecule has 0 aliphatic rings. The Bertz CT molecular complexity index is 837. The maximum absolute atomic E-state index is 13.7. The van der Waals surface area contributed by atoms with Crippen LogP contribution in [0, 0.1) is 5.82 Å². The fourth-order valence-corrected chi connectivity index (χ4v) is 2.20. The van der Waals surface area contributed by atoms with Gasteiger partial charge in [0, 0.05) is 0 Å². The van der Waals surface area contributed by atoms with E-state index >= 15 is 0 Å². The number of halogens is 1. The number of furan rings is 1. The quantitative estimate of drug-likeness (QED) is 0.650. The van der Waals surface area contributed by atoms with Gasteiger partial charge in [-0.25, -0.2) is 9.18 Å². The van der Waals surface area contributed by atoms with Crippen molar-refractivity contribution in [3.8, 4) is 17.1 Å². The topological polar surface area (TPSA) is 48.7 Å². The Morgan fingerprint density at radius 2 is 1.79 bits per heavy atom. The molecule has 24 heavy (non-hydrogen) atoms. The zero-order valence-corrected chi connectivity index (χ0v) is 13.0. The minimum Gasteiger partial charge on any atom is -0.497 e. The summed E-state index contributed by atoms with van der Waals surface area (Å²) in [7, 11) is 1.58. The lowest BCUT2D eigenvalue weighted by molar-refractivity contribution is 0.0437. The minimum atomic E-state index is -0.603. The van der Waals surface area contributed by atoms with Crippen LogP contribution in [0.1, 0.15) is 16.1 Å². The molecule has 2 aromatic carbocycles. The molecule has 0 bridgehead atoms. The second kappa shape index (κ2) is 7.00. The van der Waals surface area contributed by atoms with Crippen molar-refractivity contribution in [1.29, 1.82) is 0 Å². The zero-order chi connectivity index (χ0) is 16.9. The molecule has 5 heteroatoms. The molecular formula is C19H15FO4. The fraction of sp³-hybridized carbons (Fsp3) is 0.105. The molecule has 0 atom stereocenters. The fourth-order valence-electron chi connectivity index (χ4n) is 2.20. The monoisotopic (exact) mass is 326 g/mol. The summed E-state index contributed by atoms with van der Waals surface area (Å²) >= 11 is 0. The van der Waals surface area contributed by atoms with E-state index in [1.165, 1.54) is 12.1 Å². The van der Waals surface area contributed by atoms with Gasteiger partial charge in [-0.05, 0) is 42.0 Å². The number of hydrogen-bond donors (Lipinski definition) is 0. The first-order valence-corrected chi connectivity index (χ1v) is 7.32. The smallest absolute Gasteiger partial charge is 0.374 e. The molecule has 1 heterocycles. The van der Waals surface area contributed by atoms with E-state index in [0.29, 0.717) is 5.56 Å². The van der Waals surface area contributed by atoms with Crippen LogP contribution in [0.4, 0.5) is 4.39 Å². The van der Waals surface area contributed by atoms with Crippen LogP contribution in [0.25, 0.3) is 11.3 Å². The summed E-state index contributed by atoms with van der Waals surface area (Å²) in [6, 6.07) is 16.4. The van der Waals surface area contributed by atoms with Crippen LogP contribution < -0.4 is 4.74 Å². The molecule has 0 saturated heterocycles. The van der Waals surface area contributed by atoms with Crippen molar-refractivity contribution < 1.29 is 23.1 Å². The van der Waals surface area contributed by atoms with Crippen LogP contribution >= 0.6 is 0 Å². The lowest BCUT2D eigenvalue weighted by Crippen LogP contribution is -2.03. The van der Waals surface area contributed by atoms with Crippen LogP contribution in [0.15, 0.2) is 65.1 Å². The molecule has 0 N–H and O–H groups in total. The van der Waals surface area contributed by atoms with Gasteiger partial charge in [0.2, 0.25) is 5.76 Å². The van der Waals surface area contributed by atoms with Gasteiger partial charge in [-0.1, -0.05) is 24.3 Å². The molecule has 0 aliphatic heterocycles. The van der Waals surface area contributed by atoms with E-state index in [1.807, 2.05) is 0 Å². The molecule has 0 fully saturated rings. The summed E-state index contributed by atoms with van der Waals surface area (Å²) in [6.45, 7) is 0.110. The number of hydrogen-bond acceptors (Lipinski definition) is 4. The highest BCUT2D eigenvalue weighted by Gasteiger charge is 2.15. The van der Waals surface area contributed by atoms with E-state index in [9.17, 15) is 9.18 Å². The van der Waals surface area contributed by atoms with Crippen LogP contribution in [-0.2, 0) is 11.3 Å². The van der Waals surface area contributed by atoms with Crippen molar-refractivity contribution in [2.75, 3.05) is 7.11 Å². The van der Waals surface area contributed by atoms with Gasteiger partial charge in [-0.3, -0.25) is 0 Å². The van der Waals surface area contributed by atoms with E-state index < -0.39 is 11.8 Å². The Balaban J connectivity index is 1.66. The Morgan fingerprint density at radius 3 is 2.50 bits per heavy atom. The van der Waals surface area contributed by atoms with E-state index in [-0.39, 0.29) is 18.1 Å². The van der Waals surface area contributed by atoms with Gasteiger partial charge in [-0.2, -0.15) is 0 Å². The van der Waals surface area contributed by atoms with Gasteiger partial charge in [0.15, 0.2) is 0 Å². The second-order valence-electron chi connectivity index (χ2n) is 5.07. The predicted molar refractivity (Wildman–Crippen MR) is 86.2 cm³/mol. The lowest BCUT2D eigenvalue weighted by Gasteiger charge is -2.04. The first kappa shape index (κ1) is 15.8. The van der Waals surface area contributed by atoms with Gasteiger partial charge < -0.3 is 13.9 Å². The third-order valence-electron chi connectivity index (χ3n) is 3.48. The molecule has 4 nitrogen and oxygen atoms in total. The van der Waals surface area contributed by atoms with Crippen LogP contribution in [0.5, 0.6) is 5.75 Å². The number of carbonyl (C=O) groups is 1. The molecule has 0 aliphatic carbocycles. The molecule has 3 aromatic rings. The largest absolute Gasteiger partial charge is 0.497 e. The molecule has 0 amide bonds. The Kier molecular flexibility index (Phi) is 4.61. The van der Waals surface area contributed by atoms with Crippen molar-refractivity contribution in [2.24, 2.45) is 0 Å². The van der Waals surface area contributed by atoms with Crippen LogP contribution in [0.2, 0.25) is 0 Å². The van der Waals surface area contributed by atoms with Gasteiger partial charge in [-0.15, -0.1) is 0 Å². The number of methoxy groups -OCH3 is 1. The first-order valence-electron chi connectivity index (χ1n) is 7.32. The van der Waals surface area contributed by atoms with E-state index in [0.717, 1.165) is 11.3 Å². The highest BCUT2D eigenvalue weighted by molar-refractivity contribution is 5.87. The average Bonchev–Trinajstić information content (AvgIpc) is 3.10. The molecule has 0 spiro atoms. The molecular weight excluding hydrogens is 311 g/mol. The summed E-state index contributed by atoms with van der Waals surface area (Å²) in [5.41, 5.74) is 1.12. The van der Waals surface area contributed by atoms with Crippen LogP contribution in [-0.4, -0.2) is 13.1 Å². The average molecular weight is 326 g/mol. The Morgan fingerprint density at radius 1 is 1.04 bits per heavy atom. The number of rotatable bonds is 5. The molecule has 0 saturated carbocycles. The normalized spacial score (nSPS) is 10.4. The molecule has 1 aromatic heterocycles. The molecule has 122 valence electrons. The van der Waals surface area contributed by atoms with Crippen molar-refractivity contribution in [1.82, 2.24) is 0 Å². The predicted octanol–water partition coefficient (Wildman–Crippen LogP) is 4.45. The molecule has 0 radical (unpaired) electrons. The van der Waals surface area contributed by atoms with Crippen LogP contribution in [0.3, 0.4) is 0 Å². The number of ether oxygens (including phenoxy) is 2. The van der Waals surface area contributed by atoms with Crippen molar-refractivity contribution >= 4 is 5.97 Å². The number of benzene rings is 2. The number of carbonyl (C=O) groups excluding carboxylic acids is 1. The summed E-state index contributed by atoms with van der Waals surface area (Å²) in [4.78, 5) is 12.0. The lowest BCUT2D eigenvalue weighted by atomic mass is 10.1. The maximum atomic E-state index is 13.7. The maximum Gasteiger partial charge on any atom is 0.374 e. The van der Waals surface area contributed by atoms with Crippen molar-refractivity contribution in [3.63, 3.8) is 0 Å². The van der Waals surface area contributed by atoms with E-state index in [1.54, 1.807) is 55.6 Å². The van der Waals surface area contributed by atoms with Gasteiger partial charge >= 0.3 is 5.97 Å². The van der Waals surface area contributed by atoms with Crippen molar-refractivity contribution in [3.05, 3.63) is 77.8 Å². The minimum absolute atomic E-state index is 0.0294. The standard InChI is InChI=1S/C19H15FO4/c1-22-14-8-6-13(7-9-14)12-23-19(21)18-11-10-17(24-18)15-4-2-3-5-16(15)20/h2-11H,12H2,1H3. The summed E-state index contributed by atoms with van der Waals surface area (Å²) < 4.78 is 29.4. The third kappa shape index (κ3) is 3.46. The van der Waals surface area contributed by atoms with E-state index in [2.05, 4.69) is 0 Å². The zero-order valence-electron chi connectivity index (χ0n) is 13.0. The molecule has 0 unspecified atom stereocenters. The Labute approximate surface area is 138 Å². The summed E-state index contributed by atoms with van der Waals surface area (Å²) in [5.74, 6) is 0.0234. The highest BCUT2D eigenvalue weighted by atomic mass is 19.1. The van der Waals surface area contributed by atoms with Gasteiger partial charge in [0.25, 0.3) is 0 Å². The third-order valence-corrected chi connectivity index (χ3v) is 3.48.